The zero-order chi connectivity index (χ0) is 13.4. The van der Waals surface area contributed by atoms with Gasteiger partial charge in [0.25, 0.3) is 5.56 Å². The fourth-order valence-electron chi connectivity index (χ4n) is 1.57. The summed E-state index contributed by atoms with van der Waals surface area (Å²) < 4.78 is 3.30. The molecule has 0 spiro atoms. The smallest absolute Gasteiger partial charge is 0.269 e. The largest absolute Gasteiger partial charge is 0.292 e. The molecule has 0 N–H and O–H groups in total. The average molecular weight is 352 g/mol. The second kappa shape index (κ2) is 5.03. The molecule has 0 aromatic carbocycles. The molecule has 5 nitrogen and oxygen atoms in total. The molecule has 0 bridgehead atoms. The highest BCUT2D eigenvalue weighted by molar-refractivity contribution is 9.10. The minimum absolute atomic E-state index is 0.142. The Kier molecular flexibility index (Phi) is 3.79. The molecule has 8 heteroatoms. The monoisotopic (exact) mass is 350 g/mol. The van der Waals surface area contributed by atoms with Crippen LogP contribution in [-0.4, -0.2) is 19.3 Å². The first kappa shape index (κ1) is 13.6. The van der Waals surface area contributed by atoms with Gasteiger partial charge in [0.15, 0.2) is 5.15 Å². The molecular weight excluding hydrogens is 343 g/mol. The SMILES string of the molecule is Cc1nn(C)c(Cn2cnc(Cl)c(Br)c2=O)c1Cl. The number of hydrogen-bond donors (Lipinski definition) is 0. The molecular formula is C10H9BrCl2N4O. The van der Waals surface area contributed by atoms with E-state index in [1.807, 2.05) is 6.92 Å². The van der Waals surface area contributed by atoms with E-state index < -0.39 is 0 Å². The van der Waals surface area contributed by atoms with Gasteiger partial charge in [-0.25, -0.2) is 4.98 Å². The number of halogens is 3. The van der Waals surface area contributed by atoms with Crippen LogP contribution in [0.25, 0.3) is 0 Å². The lowest BCUT2D eigenvalue weighted by Gasteiger charge is -2.07. The Morgan fingerprint density at radius 2 is 2.11 bits per heavy atom. The zero-order valence-electron chi connectivity index (χ0n) is 9.62. The van der Waals surface area contributed by atoms with E-state index in [1.165, 1.54) is 10.9 Å². The predicted molar refractivity (Wildman–Crippen MR) is 73.3 cm³/mol. The van der Waals surface area contributed by atoms with Gasteiger partial charge in [-0.2, -0.15) is 5.10 Å². The fourth-order valence-corrected chi connectivity index (χ4v) is 2.24. The third kappa shape index (κ3) is 2.32. The molecule has 2 aromatic heterocycles. The predicted octanol–water partition coefficient (Wildman–Crippen LogP) is 2.40. The van der Waals surface area contributed by atoms with Crippen LogP contribution >= 0.6 is 39.1 Å². The summed E-state index contributed by atoms with van der Waals surface area (Å²) in [6.07, 6.45) is 1.38. The zero-order valence-corrected chi connectivity index (χ0v) is 12.7. The highest BCUT2D eigenvalue weighted by Crippen LogP contribution is 2.20. The van der Waals surface area contributed by atoms with Crippen molar-refractivity contribution < 1.29 is 0 Å². The summed E-state index contributed by atoms with van der Waals surface area (Å²) in [5.74, 6) is 0. The Labute approximate surface area is 121 Å². The topological polar surface area (TPSA) is 52.7 Å². The van der Waals surface area contributed by atoms with Crippen molar-refractivity contribution in [3.63, 3.8) is 0 Å². The Hall–Kier alpha value is -0.850. The van der Waals surface area contributed by atoms with Crippen molar-refractivity contribution in [1.82, 2.24) is 19.3 Å². The van der Waals surface area contributed by atoms with Crippen LogP contribution in [0.15, 0.2) is 15.6 Å². The van der Waals surface area contributed by atoms with E-state index in [2.05, 4.69) is 26.0 Å². The summed E-state index contributed by atoms with van der Waals surface area (Å²) in [6, 6.07) is 0. The van der Waals surface area contributed by atoms with Crippen molar-refractivity contribution in [2.24, 2.45) is 7.05 Å². The van der Waals surface area contributed by atoms with Crippen LogP contribution in [-0.2, 0) is 13.6 Å². The van der Waals surface area contributed by atoms with Crippen LogP contribution in [0, 0.1) is 6.92 Å². The van der Waals surface area contributed by atoms with E-state index in [9.17, 15) is 4.79 Å². The Morgan fingerprint density at radius 3 is 2.67 bits per heavy atom. The van der Waals surface area contributed by atoms with Gasteiger partial charge in [-0.05, 0) is 22.9 Å². The van der Waals surface area contributed by atoms with Gasteiger partial charge in [0.1, 0.15) is 4.47 Å². The van der Waals surface area contributed by atoms with E-state index in [-0.39, 0.29) is 21.7 Å². The van der Waals surface area contributed by atoms with Crippen molar-refractivity contribution in [2.75, 3.05) is 0 Å². The van der Waals surface area contributed by atoms with Crippen LogP contribution in [0.5, 0.6) is 0 Å². The molecule has 0 aliphatic rings. The highest BCUT2D eigenvalue weighted by atomic mass is 79.9. The molecule has 0 saturated heterocycles. The standard InChI is InChI=1S/C10H9BrCl2N4O/c1-5-8(12)6(16(2)15-5)3-17-4-14-9(13)7(11)10(17)18/h4H,3H2,1-2H3. The van der Waals surface area contributed by atoms with Gasteiger partial charge in [0.05, 0.1) is 29.3 Å². The van der Waals surface area contributed by atoms with Gasteiger partial charge in [-0.1, -0.05) is 23.2 Å². The lowest BCUT2D eigenvalue weighted by molar-refractivity contribution is 0.642. The van der Waals surface area contributed by atoms with Crippen LogP contribution < -0.4 is 5.56 Å². The van der Waals surface area contributed by atoms with Crippen LogP contribution in [0.4, 0.5) is 0 Å². The van der Waals surface area contributed by atoms with Crippen molar-refractivity contribution in [2.45, 2.75) is 13.5 Å². The molecule has 0 amide bonds. The summed E-state index contributed by atoms with van der Waals surface area (Å²) in [6.45, 7) is 2.10. The second-order valence-electron chi connectivity index (χ2n) is 3.75. The first-order valence-corrected chi connectivity index (χ1v) is 6.55. The van der Waals surface area contributed by atoms with Crippen molar-refractivity contribution in [3.8, 4) is 0 Å². The number of aryl methyl sites for hydroxylation is 2. The van der Waals surface area contributed by atoms with E-state index in [4.69, 9.17) is 23.2 Å². The summed E-state index contributed by atoms with van der Waals surface area (Å²) in [7, 11) is 1.78. The Balaban J connectivity index is 2.47. The van der Waals surface area contributed by atoms with Crippen LogP contribution in [0.1, 0.15) is 11.4 Å². The molecule has 0 saturated carbocycles. The summed E-state index contributed by atoms with van der Waals surface area (Å²) >= 11 is 15.0. The first-order chi connectivity index (χ1) is 8.41. The van der Waals surface area contributed by atoms with E-state index in [1.54, 1.807) is 11.7 Å². The van der Waals surface area contributed by atoms with Gasteiger partial charge < -0.3 is 0 Å². The first-order valence-electron chi connectivity index (χ1n) is 5.00. The minimum atomic E-state index is -0.259. The normalized spacial score (nSPS) is 10.9. The molecule has 0 aliphatic heterocycles. The summed E-state index contributed by atoms with van der Waals surface area (Å²) in [5, 5.41) is 4.88. The number of nitrogens with zero attached hydrogens (tertiary/aromatic N) is 4. The second-order valence-corrected chi connectivity index (χ2v) is 5.28. The maximum absolute atomic E-state index is 11.9. The molecule has 18 heavy (non-hydrogen) atoms. The van der Waals surface area contributed by atoms with Gasteiger partial charge in [-0.15, -0.1) is 0 Å². The number of hydrogen-bond acceptors (Lipinski definition) is 3. The molecule has 0 unspecified atom stereocenters. The van der Waals surface area contributed by atoms with Crippen LogP contribution in [0.2, 0.25) is 10.2 Å². The van der Waals surface area contributed by atoms with Gasteiger partial charge >= 0.3 is 0 Å². The fraction of sp³-hybridized carbons (Fsp3) is 0.300. The third-order valence-electron chi connectivity index (χ3n) is 2.52. The molecule has 2 rings (SSSR count). The molecule has 0 radical (unpaired) electrons. The van der Waals surface area contributed by atoms with Gasteiger partial charge in [0.2, 0.25) is 0 Å². The maximum Gasteiger partial charge on any atom is 0.269 e. The molecule has 0 atom stereocenters. The molecule has 2 heterocycles. The maximum atomic E-state index is 11.9. The lowest BCUT2D eigenvalue weighted by atomic mass is 10.3. The van der Waals surface area contributed by atoms with Gasteiger partial charge in [0, 0.05) is 7.05 Å². The van der Waals surface area contributed by atoms with Crippen molar-refractivity contribution in [3.05, 3.63) is 42.7 Å². The lowest BCUT2D eigenvalue weighted by Crippen LogP contribution is -2.23. The molecule has 2 aromatic rings. The molecule has 96 valence electrons. The van der Waals surface area contributed by atoms with Gasteiger partial charge in [-0.3, -0.25) is 14.0 Å². The van der Waals surface area contributed by atoms with E-state index in [0.717, 1.165) is 11.4 Å². The van der Waals surface area contributed by atoms with Crippen molar-refractivity contribution in [1.29, 1.82) is 0 Å². The van der Waals surface area contributed by atoms with E-state index in [0.29, 0.717) is 5.02 Å². The summed E-state index contributed by atoms with van der Waals surface area (Å²) in [4.78, 5) is 15.9. The Bertz CT molecular complexity index is 665. The number of aromatic nitrogens is 4. The highest BCUT2D eigenvalue weighted by Gasteiger charge is 2.14. The molecule has 0 fully saturated rings. The number of rotatable bonds is 2. The van der Waals surface area contributed by atoms with Crippen molar-refractivity contribution >= 4 is 39.1 Å². The molecule has 0 aliphatic carbocycles. The Morgan fingerprint density at radius 1 is 1.44 bits per heavy atom. The van der Waals surface area contributed by atoms with E-state index >= 15 is 0 Å². The third-order valence-corrected chi connectivity index (χ3v) is 4.24. The van der Waals surface area contributed by atoms with Crippen LogP contribution in [0.3, 0.4) is 0 Å². The quantitative estimate of drug-likeness (QED) is 0.780. The average Bonchev–Trinajstić information content (AvgIpc) is 2.56. The summed E-state index contributed by atoms with van der Waals surface area (Å²) in [5.41, 5.74) is 1.21. The minimum Gasteiger partial charge on any atom is -0.292 e.